The van der Waals surface area contributed by atoms with E-state index in [1.165, 1.54) is 12.8 Å². The standard InChI is InChI=1S/C13H23N5/c1-4-15-12-8-14-9-13(17-12)16-7-10(2)18(3)11-5-6-11/h8-11H,4-7H2,1-3H3,(H2,15,16,17). The van der Waals surface area contributed by atoms with Gasteiger partial charge in [0, 0.05) is 25.2 Å². The zero-order valence-electron chi connectivity index (χ0n) is 11.5. The van der Waals surface area contributed by atoms with Crippen molar-refractivity contribution in [3.63, 3.8) is 0 Å². The van der Waals surface area contributed by atoms with Crippen molar-refractivity contribution in [3.8, 4) is 0 Å². The van der Waals surface area contributed by atoms with Crippen molar-refractivity contribution in [1.29, 1.82) is 0 Å². The summed E-state index contributed by atoms with van der Waals surface area (Å²) >= 11 is 0. The second-order valence-electron chi connectivity index (χ2n) is 4.95. The Labute approximate surface area is 109 Å². The van der Waals surface area contributed by atoms with Crippen molar-refractivity contribution < 1.29 is 0 Å². The van der Waals surface area contributed by atoms with Gasteiger partial charge in [0.05, 0.1) is 12.4 Å². The maximum atomic E-state index is 4.45. The van der Waals surface area contributed by atoms with Gasteiger partial charge in [0.25, 0.3) is 0 Å². The number of hydrogen-bond donors (Lipinski definition) is 2. The van der Waals surface area contributed by atoms with Crippen LogP contribution in [0.1, 0.15) is 26.7 Å². The molecule has 2 rings (SSSR count). The first-order valence-electron chi connectivity index (χ1n) is 6.72. The molecule has 0 bridgehead atoms. The third-order valence-corrected chi connectivity index (χ3v) is 3.39. The van der Waals surface area contributed by atoms with E-state index in [0.717, 1.165) is 30.8 Å². The van der Waals surface area contributed by atoms with Crippen LogP contribution in [0.3, 0.4) is 0 Å². The maximum Gasteiger partial charge on any atom is 0.147 e. The molecule has 5 heteroatoms. The molecule has 100 valence electrons. The van der Waals surface area contributed by atoms with Gasteiger partial charge in [-0.3, -0.25) is 9.88 Å². The number of nitrogens with one attached hydrogen (secondary N) is 2. The van der Waals surface area contributed by atoms with E-state index < -0.39 is 0 Å². The molecule has 5 nitrogen and oxygen atoms in total. The summed E-state index contributed by atoms with van der Waals surface area (Å²) in [6, 6.07) is 1.31. The molecule has 2 N–H and O–H groups in total. The van der Waals surface area contributed by atoms with Gasteiger partial charge in [-0.1, -0.05) is 0 Å². The molecule has 1 aliphatic carbocycles. The largest absolute Gasteiger partial charge is 0.369 e. The summed E-state index contributed by atoms with van der Waals surface area (Å²) in [4.78, 5) is 11.1. The Morgan fingerprint density at radius 3 is 2.61 bits per heavy atom. The lowest BCUT2D eigenvalue weighted by atomic mass is 10.3. The summed E-state index contributed by atoms with van der Waals surface area (Å²) in [6.45, 7) is 6.05. The van der Waals surface area contributed by atoms with E-state index in [9.17, 15) is 0 Å². The fraction of sp³-hybridized carbons (Fsp3) is 0.692. The van der Waals surface area contributed by atoms with Crippen LogP contribution in [0.4, 0.5) is 11.6 Å². The molecule has 0 aromatic carbocycles. The fourth-order valence-corrected chi connectivity index (χ4v) is 1.96. The van der Waals surface area contributed by atoms with E-state index in [1.807, 2.05) is 0 Å². The molecule has 1 aromatic heterocycles. The first-order valence-corrected chi connectivity index (χ1v) is 6.72. The summed E-state index contributed by atoms with van der Waals surface area (Å²) in [5.41, 5.74) is 0. The minimum atomic E-state index is 0.516. The van der Waals surface area contributed by atoms with Gasteiger partial charge in [0.15, 0.2) is 0 Å². The van der Waals surface area contributed by atoms with Crippen LogP contribution >= 0.6 is 0 Å². The fourth-order valence-electron chi connectivity index (χ4n) is 1.96. The van der Waals surface area contributed by atoms with Gasteiger partial charge in [0.1, 0.15) is 11.6 Å². The van der Waals surface area contributed by atoms with Crippen LogP contribution in [0.5, 0.6) is 0 Å². The summed E-state index contributed by atoms with van der Waals surface area (Å²) in [5, 5.41) is 6.51. The van der Waals surface area contributed by atoms with Crippen LogP contribution in [0, 0.1) is 0 Å². The summed E-state index contributed by atoms with van der Waals surface area (Å²) in [7, 11) is 2.20. The van der Waals surface area contributed by atoms with Crippen LogP contribution in [-0.4, -0.2) is 47.1 Å². The highest BCUT2D eigenvalue weighted by Gasteiger charge is 2.28. The van der Waals surface area contributed by atoms with Gasteiger partial charge in [-0.05, 0) is 33.7 Å². The van der Waals surface area contributed by atoms with Crippen molar-refractivity contribution in [2.75, 3.05) is 30.8 Å². The highest BCUT2D eigenvalue weighted by Crippen LogP contribution is 2.26. The maximum absolute atomic E-state index is 4.45. The van der Waals surface area contributed by atoms with Gasteiger partial charge in [-0.2, -0.15) is 0 Å². The number of rotatable bonds is 7. The first kappa shape index (κ1) is 13.1. The van der Waals surface area contributed by atoms with Crippen molar-refractivity contribution in [2.45, 2.75) is 38.8 Å². The average molecular weight is 249 g/mol. The highest BCUT2D eigenvalue weighted by atomic mass is 15.2. The SMILES string of the molecule is CCNc1cncc(NCC(C)N(C)C2CC2)n1. The highest BCUT2D eigenvalue weighted by molar-refractivity contribution is 5.41. The van der Waals surface area contributed by atoms with Crippen LogP contribution in [0.2, 0.25) is 0 Å². The van der Waals surface area contributed by atoms with Gasteiger partial charge in [-0.15, -0.1) is 0 Å². The molecule has 1 fully saturated rings. The second kappa shape index (κ2) is 6.00. The number of aromatic nitrogens is 2. The predicted molar refractivity (Wildman–Crippen MR) is 74.9 cm³/mol. The van der Waals surface area contributed by atoms with Crippen molar-refractivity contribution in [2.24, 2.45) is 0 Å². The molecule has 1 heterocycles. The topological polar surface area (TPSA) is 53.1 Å². The molecule has 1 atom stereocenters. The van der Waals surface area contributed by atoms with Crippen molar-refractivity contribution in [1.82, 2.24) is 14.9 Å². The van der Waals surface area contributed by atoms with Gasteiger partial charge >= 0.3 is 0 Å². The zero-order chi connectivity index (χ0) is 13.0. The zero-order valence-corrected chi connectivity index (χ0v) is 11.5. The average Bonchev–Trinajstić information content (AvgIpc) is 3.20. The third-order valence-electron chi connectivity index (χ3n) is 3.39. The lowest BCUT2D eigenvalue weighted by Crippen LogP contribution is -2.36. The Bertz CT molecular complexity index is 377. The molecule has 0 radical (unpaired) electrons. The summed E-state index contributed by atoms with van der Waals surface area (Å²) < 4.78 is 0. The van der Waals surface area contributed by atoms with Crippen LogP contribution < -0.4 is 10.6 Å². The van der Waals surface area contributed by atoms with E-state index >= 15 is 0 Å². The van der Waals surface area contributed by atoms with E-state index in [4.69, 9.17) is 0 Å². The molecule has 1 unspecified atom stereocenters. The third kappa shape index (κ3) is 3.57. The quantitative estimate of drug-likeness (QED) is 0.772. The monoisotopic (exact) mass is 249 g/mol. The van der Waals surface area contributed by atoms with Crippen LogP contribution in [0.15, 0.2) is 12.4 Å². The Kier molecular flexibility index (Phi) is 4.36. The molecule has 1 aromatic rings. The molecule has 0 saturated heterocycles. The summed E-state index contributed by atoms with van der Waals surface area (Å²) in [6.07, 6.45) is 6.20. The Morgan fingerprint density at radius 1 is 1.33 bits per heavy atom. The first-order chi connectivity index (χ1) is 8.70. The molecular weight excluding hydrogens is 226 g/mol. The molecule has 0 amide bonds. The van der Waals surface area contributed by atoms with Gasteiger partial charge in [0.2, 0.25) is 0 Å². The molecule has 0 spiro atoms. The molecule has 1 saturated carbocycles. The van der Waals surface area contributed by atoms with E-state index in [1.54, 1.807) is 12.4 Å². The number of likely N-dealkylation sites (N-methyl/N-ethyl adjacent to an activating group) is 1. The molecule has 1 aliphatic rings. The Morgan fingerprint density at radius 2 is 2.00 bits per heavy atom. The lowest BCUT2D eigenvalue weighted by molar-refractivity contribution is 0.257. The minimum Gasteiger partial charge on any atom is -0.369 e. The molecule has 0 aliphatic heterocycles. The van der Waals surface area contributed by atoms with Crippen LogP contribution in [0.25, 0.3) is 0 Å². The number of nitrogens with zero attached hydrogens (tertiary/aromatic N) is 3. The summed E-state index contributed by atoms with van der Waals surface area (Å²) in [5.74, 6) is 1.66. The lowest BCUT2D eigenvalue weighted by Gasteiger charge is -2.24. The van der Waals surface area contributed by atoms with E-state index in [-0.39, 0.29) is 0 Å². The predicted octanol–water partition coefficient (Wildman–Crippen LogP) is 1.80. The van der Waals surface area contributed by atoms with Crippen molar-refractivity contribution >= 4 is 11.6 Å². The van der Waals surface area contributed by atoms with Gasteiger partial charge in [-0.25, -0.2) is 4.98 Å². The van der Waals surface area contributed by atoms with Crippen LogP contribution in [-0.2, 0) is 0 Å². The van der Waals surface area contributed by atoms with E-state index in [0.29, 0.717) is 6.04 Å². The Balaban J connectivity index is 1.83. The minimum absolute atomic E-state index is 0.516. The number of hydrogen-bond acceptors (Lipinski definition) is 5. The molecular formula is C13H23N5. The van der Waals surface area contributed by atoms with Gasteiger partial charge < -0.3 is 10.6 Å². The van der Waals surface area contributed by atoms with E-state index in [2.05, 4.69) is 46.4 Å². The normalized spacial score (nSPS) is 16.7. The van der Waals surface area contributed by atoms with Crippen molar-refractivity contribution in [3.05, 3.63) is 12.4 Å². The second-order valence-corrected chi connectivity index (χ2v) is 4.95. The number of anilines is 2. The smallest absolute Gasteiger partial charge is 0.147 e. The Hall–Kier alpha value is -1.36. The molecule has 18 heavy (non-hydrogen) atoms.